The highest BCUT2D eigenvalue weighted by atomic mass is 32.1. The average Bonchev–Trinajstić information content (AvgIpc) is 3.11. The topological polar surface area (TPSA) is 72.9 Å². The molecule has 0 N–H and O–H groups in total. The Balaban J connectivity index is 1.57. The van der Waals surface area contributed by atoms with Crippen molar-refractivity contribution < 1.29 is 24.0 Å². The molecule has 0 fully saturated rings. The number of ether oxygens (including phenoxy) is 1. The van der Waals surface area contributed by atoms with Crippen molar-refractivity contribution in [2.75, 3.05) is 6.61 Å². The number of hydrogen-bond acceptors (Lipinski definition) is 6. The van der Waals surface area contributed by atoms with Gasteiger partial charge in [0.05, 0.1) is 24.3 Å². The minimum Gasteiger partial charge on any atom is -0.376 e. The van der Waals surface area contributed by atoms with Crippen LogP contribution in [0.5, 0.6) is 0 Å². The van der Waals surface area contributed by atoms with Crippen LogP contribution in [0.3, 0.4) is 0 Å². The van der Waals surface area contributed by atoms with Gasteiger partial charge < -0.3 is 9.57 Å². The van der Waals surface area contributed by atoms with Crippen LogP contribution < -0.4 is 0 Å². The lowest BCUT2D eigenvalue weighted by molar-refractivity contribution is -0.0581. The van der Waals surface area contributed by atoms with Crippen molar-refractivity contribution in [3.05, 3.63) is 56.8 Å². The van der Waals surface area contributed by atoms with Gasteiger partial charge in [0.15, 0.2) is 0 Å². The van der Waals surface area contributed by atoms with Crippen molar-refractivity contribution in [1.82, 2.24) is 5.06 Å². The summed E-state index contributed by atoms with van der Waals surface area (Å²) in [4.78, 5) is 43.1. The van der Waals surface area contributed by atoms with Gasteiger partial charge in [0.2, 0.25) is 0 Å². The maximum absolute atomic E-state index is 12.3. The first-order valence-corrected chi connectivity index (χ1v) is 7.86. The Morgan fingerprint density at radius 2 is 1.87 bits per heavy atom. The fourth-order valence-electron chi connectivity index (χ4n) is 2.63. The molecule has 4 rings (SSSR count). The Hall–Kier alpha value is -2.51. The summed E-state index contributed by atoms with van der Waals surface area (Å²) in [6.45, 7) is 1.09. The molecular weight excluding hydrogens is 318 g/mol. The van der Waals surface area contributed by atoms with E-state index < -0.39 is 17.8 Å². The predicted octanol–water partition coefficient (Wildman–Crippen LogP) is 2.19. The quantitative estimate of drug-likeness (QED) is 0.790. The van der Waals surface area contributed by atoms with Gasteiger partial charge in [0.1, 0.15) is 4.88 Å². The van der Waals surface area contributed by atoms with Crippen molar-refractivity contribution in [3.8, 4) is 0 Å². The predicted molar refractivity (Wildman–Crippen MR) is 80.0 cm³/mol. The molecule has 0 atom stereocenters. The molecule has 2 aromatic rings. The average molecular weight is 329 g/mol. The molecule has 0 aliphatic carbocycles. The second kappa shape index (κ2) is 5.29. The van der Waals surface area contributed by atoms with Gasteiger partial charge in [-0.05, 0) is 23.8 Å². The molecule has 7 heteroatoms. The Morgan fingerprint density at radius 3 is 2.52 bits per heavy atom. The van der Waals surface area contributed by atoms with Gasteiger partial charge in [-0.2, -0.15) is 0 Å². The van der Waals surface area contributed by atoms with E-state index in [0.29, 0.717) is 23.2 Å². The van der Waals surface area contributed by atoms with Crippen molar-refractivity contribution >= 4 is 29.1 Å². The highest BCUT2D eigenvalue weighted by Gasteiger charge is 2.39. The summed E-state index contributed by atoms with van der Waals surface area (Å²) in [6, 6.07) is 8.07. The zero-order valence-electron chi connectivity index (χ0n) is 11.9. The Labute approximate surface area is 135 Å². The van der Waals surface area contributed by atoms with Gasteiger partial charge in [0, 0.05) is 11.3 Å². The normalized spacial score (nSPS) is 16.3. The van der Waals surface area contributed by atoms with E-state index in [9.17, 15) is 14.4 Å². The zero-order chi connectivity index (χ0) is 16.0. The summed E-state index contributed by atoms with van der Waals surface area (Å²) >= 11 is 1.31. The largest absolute Gasteiger partial charge is 0.376 e. The third-order valence-corrected chi connectivity index (χ3v) is 4.98. The second-order valence-electron chi connectivity index (χ2n) is 5.19. The summed E-state index contributed by atoms with van der Waals surface area (Å²) < 4.78 is 5.33. The first-order valence-electron chi connectivity index (χ1n) is 7.04. The van der Waals surface area contributed by atoms with Crippen LogP contribution in [-0.2, 0) is 22.6 Å². The lowest BCUT2D eigenvalue weighted by Gasteiger charge is -2.11. The number of rotatable bonds is 2. The molecule has 3 heterocycles. The molecule has 2 aliphatic heterocycles. The third kappa shape index (κ3) is 2.25. The van der Waals surface area contributed by atoms with Crippen molar-refractivity contribution in [3.63, 3.8) is 0 Å². The lowest BCUT2D eigenvalue weighted by Crippen LogP contribution is -2.32. The highest BCUT2D eigenvalue weighted by molar-refractivity contribution is 7.14. The van der Waals surface area contributed by atoms with Gasteiger partial charge in [-0.25, -0.2) is 4.79 Å². The van der Waals surface area contributed by atoms with Gasteiger partial charge in [-0.15, -0.1) is 11.3 Å². The van der Waals surface area contributed by atoms with E-state index in [4.69, 9.17) is 9.57 Å². The molecule has 0 spiro atoms. The molecule has 0 saturated heterocycles. The molecule has 23 heavy (non-hydrogen) atoms. The molecule has 1 aromatic carbocycles. The van der Waals surface area contributed by atoms with E-state index in [0.717, 1.165) is 16.9 Å². The molecule has 0 radical (unpaired) electrons. The number of hydroxylamine groups is 2. The molecule has 1 aromatic heterocycles. The summed E-state index contributed by atoms with van der Waals surface area (Å²) in [6.07, 6.45) is 0.750. The van der Waals surface area contributed by atoms with Crippen LogP contribution in [0, 0.1) is 0 Å². The van der Waals surface area contributed by atoms with Crippen LogP contribution in [0.25, 0.3) is 0 Å². The van der Waals surface area contributed by atoms with Gasteiger partial charge in [0.25, 0.3) is 11.8 Å². The van der Waals surface area contributed by atoms with E-state index in [1.807, 2.05) is 0 Å². The number of imide groups is 1. The molecule has 116 valence electrons. The number of amides is 2. The smallest absolute Gasteiger partial charge is 0.373 e. The SMILES string of the molecule is O=C(ON1C(=O)c2ccccc2C1=O)c1cc2c(s1)CCOC2. The van der Waals surface area contributed by atoms with E-state index in [2.05, 4.69) is 0 Å². The maximum atomic E-state index is 12.3. The number of hydrogen-bond donors (Lipinski definition) is 0. The minimum absolute atomic E-state index is 0.240. The molecule has 0 bridgehead atoms. The fourth-order valence-corrected chi connectivity index (χ4v) is 3.65. The zero-order valence-corrected chi connectivity index (χ0v) is 12.7. The van der Waals surface area contributed by atoms with Gasteiger partial charge in [-0.3, -0.25) is 9.59 Å². The second-order valence-corrected chi connectivity index (χ2v) is 6.33. The van der Waals surface area contributed by atoms with Crippen molar-refractivity contribution in [1.29, 1.82) is 0 Å². The van der Waals surface area contributed by atoms with Crippen LogP contribution in [0.4, 0.5) is 0 Å². The number of nitrogens with zero attached hydrogens (tertiary/aromatic N) is 1. The Morgan fingerprint density at radius 1 is 1.17 bits per heavy atom. The summed E-state index contributed by atoms with van der Waals surface area (Å²) in [7, 11) is 0. The van der Waals surface area contributed by atoms with E-state index in [1.54, 1.807) is 18.2 Å². The number of benzene rings is 1. The number of fused-ring (bicyclic) bond motifs is 2. The molecular formula is C16H11NO5S. The number of carbonyl (C=O) groups excluding carboxylic acids is 3. The summed E-state index contributed by atoms with van der Waals surface area (Å²) in [5.74, 6) is -1.95. The third-order valence-electron chi connectivity index (χ3n) is 3.76. The highest BCUT2D eigenvalue weighted by Crippen LogP contribution is 2.29. The first kappa shape index (κ1) is 14.1. The molecule has 0 saturated carbocycles. The van der Waals surface area contributed by atoms with Crippen LogP contribution in [0.15, 0.2) is 30.3 Å². The van der Waals surface area contributed by atoms with E-state index in [1.165, 1.54) is 23.5 Å². The fraction of sp³-hybridized carbons (Fsp3) is 0.188. The number of thiophene rings is 1. The van der Waals surface area contributed by atoms with E-state index in [-0.39, 0.29) is 11.1 Å². The van der Waals surface area contributed by atoms with E-state index >= 15 is 0 Å². The summed E-state index contributed by atoms with van der Waals surface area (Å²) in [5, 5.41) is 0.530. The standard InChI is InChI=1S/C16H11NO5S/c18-14-10-3-1-2-4-11(10)15(19)17(14)22-16(20)13-7-9-8-21-6-5-12(9)23-13/h1-4,7H,5-6,8H2. The monoisotopic (exact) mass is 329 g/mol. The van der Waals surface area contributed by atoms with Crippen LogP contribution in [0.1, 0.15) is 40.8 Å². The van der Waals surface area contributed by atoms with Crippen molar-refractivity contribution in [2.45, 2.75) is 13.0 Å². The Bertz CT molecular complexity index is 782. The molecule has 6 nitrogen and oxygen atoms in total. The van der Waals surface area contributed by atoms with Crippen molar-refractivity contribution in [2.24, 2.45) is 0 Å². The minimum atomic E-state index is -0.709. The molecule has 0 unspecified atom stereocenters. The Kier molecular flexibility index (Phi) is 3.24. The number of carbonyl (C=O) groups is 3. The maximum Gasteiger partial charge on any atom is 0.373 e. The summed E-state index contributed by atoms with van der Waals surface area (Å²) in [5.41, 5.74) is 1.43. The molecule has 2 aliphatic rings. The van der Waals surface area contributed by atoms with Crippen LogP contribution >= 0.6 is 11.3 Å². The van der Waals surface area contributed by atoms with Gasteiger partial charge in [-0.1, -0.05) is 17.2 Å². The van der Waals surface area contributed by atoms with Crippen LogP contribution in [-0.4, -0.2) is 29.5 Å². The van der Waals surface area contributed by atoms with Crippen LogP contribution in [0.2, 0.25) is 0 Å². The lowest BCUT2D eigenvalue weighted by atomic mass is 10.1. The molecule has 2 amide bonds. The van der Waals surface area contributed by atoms with Gasteiger partial charge >= 0.3 is 5.97 Å². The first-order chi connectivity index (χ1) is 11.1.